The average Bonchev–Trinajstić information content (AvgIpc) is 2.93. The van der Waals surface area contributed by atoms with E-state index in [4.69, 9.17) is 0 Å². The fourth-order valence-electron chi connectivity index (χ4n) is 2.86. The molecule has 2 atom stereocenters. The van der Waals surface area contributed by atoms with E-state index in [2.05, 4.69) is 48.1 Å². The lowest BCUT2D eigenvalue weighted by Crippen LogP contribution is -2.29. The SMILES string of the molecule is CCCNC(C)c1ccc(N2CCCC2CC)nc1. The highest BCUT2D eigenvalue weighted by atomic mass is 15.2. The van der Waals surface area contributed by atoms with Gasteiger partial charge in [0.2, 0.25) is 0 Å². The number of hydrogen-bond acceptors (Lipinski definition) is 3. The van der Waals surface area contributed by atoms with E-state index in [0.29, 0.717) is 12.1 Å². The number of aromatic nitrogens is 1. The van der Waals surface area contributed by atoms with Crippen LogP contribution in [0.2, 0.25) is 0 Å². The van der Waals surface area contributed by atoms with Crippen LogP contribution < -0.4 is 10.2 Å². The van der Waals surface area contributed by atoms with Crippen LogP contribution in [0, 0.1) is 0 Å². The van der Waals surface area contributed by atoms with Crippen LogP contribution in [0.5, 0.6) is 0 Å². The maximum Gasteiger partial charge on any atom is 0.128 e. The molecule has 1 aliphatic rings. The van der Waals surface area contributed by atoms with Gasteiger partial charge in [-0.1, -0.05) is 19.9 Å². The average molecular weight is 261 g/mol. The molecular weight excluding hydrogens is 234 g/mol. The van der Waals surface area contributed by atoms with Crippen LogP contribution in [0.25, 0.3) is 0 Å². The number of anilines is 1. The van der Waals surface area contributed by atoms with Gasteiger partial charge in [-0.05, 0) is 50.8 Å². The van der Waals surface area contributed by atoms with Crippen LogP contribution in [-0.2, 0) is 0 Å². The van der Waals surface area contributed by atoms with Crippen LogP contribution >= 0.6 is 0 Å². The minimum Gasteiger partial charge on any atom is -0.354 e. The Kier molecular flexibility index (Phi) is 5.20. The van der Waals surface area contributed by atoms with E-state index in [9.17, 15) is 0 Å². The smallest absolute Gasteiger partial charge is 0.128 e. The van der Waals surface area contributed by atoms with Crippen molar-refractivity contribution in [2.24, 2.45) is 0 Å². The van der Waals surface area contributed by atoms with Gasteiger partial charge in [-0.15, -0.1) is 0 Å². The molecule has 1 aliphatic heterocycles. The van der Waals surface area contributed by atoms with Gasteiger partial charge in [0.25, 0.3) is 0 Å². The molecule has 1 aromatic rings. The quantitative estimate of drug-likeness (QED) is 0.849. The molecule has 106 valence electrons. The molecule has 1 aromatic heterocycles. The molecule has 0 aromatic carbocycles. The molecule has 1 fully saturated rings. The Balaban J connectivity index is 2.01. The first-order valence-electron chi connectivity index (χ1n) is 7.72. The molecule has 2 rings (SSSR count). The third-order valence-corrected chi connectivity index (χ3v) is 4.11. The fraction of sp³-hybridized carbons (Fsp3) is 0.688. The number of nitrogens with one attached hydrogen (secondary N) is 1. The molecule has 2 unspecified atom stereocenters. The third-order valence-electron chi connectivity index (χ3n) is 4.11. The molecule has 0 saturated carbocycles. The molecular formula is C16H27N3. The second kappa shape index (κ2) is 6.90. The van der Waals surface area contributed by atoms with E-state index in [-0.39, 0.29) is 0 Å². The fourth-order valence-corrected chi connectivity index (χ4v) is 2.86. The number of rotatable bonds is 6. The van der Waals surface area contributed by atoms with Gasteiger partial charge < -0.3 is 10.2 Å². The summed E-state index contributed by atoms with van der Waals surface area (Å²) in [6, 6.07) is 5.49. The van der Waals surface area contributed by atoms with Gasteiger partial charge in [-0.2, -0.15) is 0 Å². The van der Waals surface area contributed by atoms with E-state index < -0.39 is 0 Å². The maximum atomic E-state index is 4.67. The largest absolute Gasteiger partial charge is 0.354 e. The second-order valence-electron chi connectivity index (χ2n) is 5.52. The Morgan fingerprint density at radius 3 is 2.89 bits per heavy atom. The van der Waals surface area contributed by atoms with E-state index in [1.54, 1.807) is 0 Å². The molecule has 0 aliphatic carbocycles. The monoisotopic (exact) mass is 261 g/mol. The molecule has 0 amide bonds. The van der Waals surface area contributed by atoms with Gasteiger partial charge in [-0.25, -0.2) is 4.98 Å². The van der Waals surface area contributed by atoms with E-state index in [0.717, 1.165) is 18.9 Å². The van der Waals surface area contributed by atoms with Gasteiger partial charge >= 0.3 is 0 Å². The first-order chi connectivity index (χ1) is 9.26. The second-order valence-corrected chi connectivity index (χ2v) is 5.52. The topological polar surface area (TPSA) is 28.2 Å². The summed E-state index contributed by atoms with van der Waals surface area (Å²) in [5.74, 6) is 1.15. The highest BCUT2D eigenvalue weighted by Gasteiger charge is 2.23. The summed E-state index contributed by atoms with van der Waals surface area (Å²) >= 11 is 0. The van der Waals surface area contributed by atoms with Gasteiger partial charge in [-0.3, -0.25) is 0 Å². The summed E-state index contributed by atoms with van der Waals surface area (Å²) in [5, 5.41) is 3.50. The standard InChI is InChI=1S/C16H27N3/c1-4-10-17-13(3)14-8-9-16(18-12-14)19-11-6-7-15(19)5-2/h8-9,12-13,15,17H,4-7,10-11H2,1-3H3. The Morgan fingerprint density at radius 2 is 2.26 bits per heavy atom. The van der Waals surface area contributed by atoms with Crippen molar-refractivity contribution in [3.63, 3.8) is 0 Å². The normalized spacial score (nSPS) is 20.8. The zero-order valence-electron chi connectivity index (χ0n) is 12.5. The Bertz CT molecular complexity index is 374. The van der Waals surface area contributed by atoms with Gasteiger partial charge in [0, 0.05) is 24.8 Å². The third kappa shape index (κ3) is 3.47. The molecule has 0 bridgehead atoms. The zero-order valence-corrected chi connectivity index (χ0v) is 12.5. The molecule has 3 nitrogen and oxygen atoms in total. The molecule has 3 heteroatoms. The lowest BCUT2D eigenvalue weighted by atomic mass is 10.1. The minimum atomic E-state index is 0.391. The maximum absolute atomic E-state index is 4.67. The molecule has 1 saturated heterocycles. The van der Waals surface area contributed by atoms with Gasteiger partial charge in [0.15, 0.2) is 0 Å². The number of pyridine rings is 1. The Labute approximate surface area is 117 Å². The van der Waals surface area contributed by atoms with Crippen LogP contribution in [-0.4, -0.2) is 24.1 Å². The summed E-state index contributed by atoms with van der Waals surface area (Å²) < 4.78 is 0. The summed E-state index contributed by atoms with van der Waals surface area (Å²) in [6.07, 6.45) is 7.04. The Hall–Kier alpha value is -1.09. The zero-order chi connectivity index (χ0) is 13.7. The molecule has 1 N–H and O–H groups in total. The molecule has 0 spiro atoms. The predicted molar refractivity (Wildman–Crippen MR) is 81.6 cm³/mol. The van der Waals surface area contributed by atoms with Crippen molar-refractivity contribution in [3.05, 3.63) is 23.9 Å². The van der Waals surface area contributed by atoms with E-state index in [1.165, 1.54) is 31.2 Å². The Morgan fingerprint density at radius 1 is 1.42 bits per heavy atom. The van der Waals surface area contributed by atoms with Crippen LogP contribution in [0.15, 0.2) is 18.3 Å². The van der Waals surface area contributed by atoms with E-state index in [1.807, 2.05) is 6.20 Å². The highest BCUT2D eigenvalue weighted by Crippen LogP contribution is 2.26. The minimum absolute atomic E-state index is 0.391. The summed E-state index contributed by atoms with van der Waals surface area (Å²) in [4.78, 5) is 7.14. The summed E-state index contributed by atoms with van der Waals surface area (Å²) in [7, 11) is 0. The van der Waals surface area contributed by atoms with Crippen molar-refractivity contribution in [2.75, 3.05) is 18.0 Å². The van der Waals surface area contributed by atoms with Crippen molar-refractivity contribution >= 4 is 5.82 Å². The summed E-state index contributed by atoms with van der Waals surface area (Å²) in [5.41, 5.74) is 1.28. The van der Waals surface area contributed by atoms with Crippen molar-refractivity contribution in [1.29, 1.82) is 0 Å². The van der Waals surface area contributed by atoms with Crippen LogP contribution in [0.1, 0.15) is 58.1 Å². The lowest BCUT2D eigenvalue weighted by molar-refractivity contribution is 0.568. The van der Waals surface area contributed by atoms with Crippen LogP contribution in [0.3, 0.4) is 0 Å². The predicted octanol–water partition coefficient (Wildman–Crippen LogP) is 3.52. The first-order valence-corrected chi connectivity index (χ1v) is 7.72. The number of hydrogen-bond donors (Lipinski definition) is 1. The lowest BCUT2D eigenvalue weighted by Gasteiger charge is -2.25. The van der Waals surface area contributed by atoms with Crippen molar-refractivity contribution in [1.82, 2.24) is 10.3 Å². The van der Waals surface area contributed by atoms with Crippen molar-refractivity contribution in [3.8, 4) is 0 Å². The number of nitrogens with zero attached hydrogens (tertiary/aromatic N) is 2. The van der Waals surface area contributed by atoms with Crippen LogP contribution in [0.4, 0.5) is 5.82 Å². The van der Waals surface area contributed by atoms with Crippen molar-refractivity contribution < 1.29 is 0 Å². The molecule has 0 radical (unpaired) electrons. The first kappa shape index (κ1) is 14.3. The highest BCUT2D eigenvalue weighted by molar-refractivity contribution is 5.42. The summed E-state index contributed by atoms with van der Waals surface area (Å²) in [6.45, 7) is 8.89. The molecule has 19 heavy (non-hydrogen) atoms. The van der Waals surface area contributed by atoms with Gasteiger partial charge in [0.05, 0.1) is 0 Å². The van der Waals surface area contributed by atoms with E-state index >= 15 is 0 Å². The van der Waals surface area contributed by atoms with Gasteiger partial charge in [0.1, 0.15) is 5.82 Å². The van der Waals surface area contributed by atoms with Crippen molar-refractivity contribution in [2.45, 2.75) is 58.5 Å². The molecule has 2 heterocycles.